The second-order valence-corrected chi connectivity index (χ2v) is 16.5. The van der Waals surface area contributed by atoms with Gasteiger partial charge < -0.3 is 10.2 Å². The third-order valence-electron chi connectivity index (χ3n) is 12.8. The number of benzene rings is 3. The van der Waals surface area contributed by atoms with Gasteiger partial charge in [-0.3, -0.25) is 14.5 Å². The summed E-state index contributed by atoms with van der Waals surface area (Å²) in [5.41, 5.74) is 9.34. The van der Waals surface area contributed by atoms with Gasteiger partial charge in [0, 0.05) is 56.0 Å². The van der Waals surface area contributed by atoms with Crippen molar-refractivity contribution in [2.45, 2.75) is 119 Å². The quantitative estimate of drug-likeness (QED) is 0.239. The van der Waals surface area contributed by atoms with E-state index in [4.69, 9.17) is 23.2 Å². The standard InChI is InChI=1S/C43H59Cl2N3O2/c1-24-16-15-17-37(28(24)5)43(46-34(11)49)20-21-48(42(12,13)33(43)10)23-26(3)39(36-22-38(44)40(45)31(8)30(36)7)32(9)47(14)41(50)35-19-18-25(2)27(4)29(35)6/h15-19,22,26,32-33,39H,20-21,23H2,1-14H3,(H,46,49)/t26?,32?,33?,39-,43?/m1/s1/i/hD. The summed E-state index contributed by atoms with van der Waals surface area (Å²) in [4.78, 5) is 31.7. The summed E-state index contributed by atoms with van der Waals surface area (Å²) in [5.74, 6) is -0.312. The third-order valence-corrected chi connectivity index (χ3v) is 13.7. The Hall–Kier alpha value is -2.86. The molecule has 5 atom stereocenters. The van der Waals surface area contributed by atoms with Gasteiger partial charge >= 0.3 is 0 Å². The number of carbonyl (C=O) groups is 2. The molecule has 0 spiro atoms. The Bertz CT molecular complexity index is 1820. The third kappa shape index (κ3) is 7.12. The number of amides is 2. The van der Waals surface area contributed by atoms with Crippen LogP contribution in [-0.4, -0.2) is 53.3 Å². The highest BCUT2D eigenvalue weighted by molar-refractivity contribution is 6.42. The van der Waals surface area contributed by atoms with Crippen molar-refractivity contribution in [3.8, 4) is 0 Å². The van der Waals surface area contributed by atoms with Crippen LogP contribution < -0.4 is 5.31 Å². The smallest absolute Gasteiger partial charge is 0.254 e. The first-order valence-electron chi connectivity index (χ1n) is 18.5. The molecule has 0 bridgehead atoms. The predicted molar refractivity (Wildman–Crippen MR) is 211 cm³/mol. The Kier molecular flexibility index (Phi) is 11.5. The average Bonchev–Trinajstić information content (AvgIpc) is 3.08. The number of rotatable bonds is 9. The summed E-state index contributed by atoms with van der Waals surface area (Å²) in [5, 5.41) is 2.33. The Morgan fingerprint density at radius 3 is 2.20 bits per heavy atom. The molecule has 3 aromatic rings. The summed E-state index contributed by atoms with van der Waals surface area (Å²) in [6, 6.07) is 12.1. The van der Waals surface area contributed by atoms with E-state index in [0.29, 0.717) is 23.0 Å². The molecule has 2 amide bonds. The van der Waals surface area contributed by atoms with Gasteiger partial charge in [-0.15, -0.1) is 0 Å². The molecule has 0 radical (unpaired) electrons. The van der Waals surface area contributed by atoms with Crippen LogP contribution in [-0.2, 0) is 10.3 Å². The minimum Gasteiger partial charge on any atom is -0.346 e. The molecule has 0 saturated carbocycles. The number of carbonyl (C=O) groups excluding carboxylic acids is 2. The van der Waals surface area contributed by atoms with Crippen LogP contribution in [0.15, 0.2) is 36.4 Å². The van der Waals surface area contributed by atoms with Gasteiger partial charge in [-0.1, -0.05) is 61.3 Å². The number of likely N-dealkylation sites (tertiary alicyclic amines) is 1. The minimum absolute atomic E-state index is 0.000243. The molecular weight excluding hydrogens is 661 g/mol. The van der Waals surface area contributed by atoms with Crippen LogP contribution in [0, 0.1) is 60.3 Å². The number of nitrogens with zero attached hydrogens (tertiary/aromatic N) is 2. The van der Waals surface area contributed by atoms with Gasteiger partial charge in [0.2, 0.25) is 5.91 Å². The van der Waals surface area contributed by atoms with E-state index in [0.717, 1.165) is 56.6 Å². The van der Waals surface area contributed by atoms with E-state index >= 15 is 0 Å². The maximum absolute atomic E-state index is 14.2. The lowest BCUT2D eigenvalue weighted by molar-refractivity contribution is -0.125. The van der Waals surface area contributed by atoms with Crippen molar-refractivity contribution in [3.05, 3.63) is 102 Å². The number of hydrogen-bond donors (Lipinski definition) is 1. The van der Waals surface area contributed by atoms with E-state index < -0.39 is 5.54 Å². The molecule has 5 nitrogen and oxygen atoms in total. The van der Waals surface area contributed by atoms with Crippen molar-refractivity contribution < 1.29 is 11.0 Å². The number of nitrogens with one attached hydrogen (secondary N) is 1. The lowest BCUT2D eigenvalue weighted by atomic mass is 9.63. The first-order chi connectivity index (χ1) is 23.6. The van der Waals surface area contributed by atoms with Crippen molar-refractivity contribution in [2.24, 2.45) is 11.8 Å². The monoisotopic (exact) mass is 720 g/mol. The fourth-order valence-electron chi connectivity index (χ4n) is 8.60. The molecular formula is C43H59Cl2N3O2. The van der Waals surface area contributed by atoms with Crippen molar-refractivity contribution in [2.75, 3.05) is 20.1 Å². The van der Waals surface area contributed by atoms with Crippen LogP contribution in [0.5, 0.6) is 0 Å². The maximum atomic E-state index is 14.2. The van der Waals surface area contributed by atoms with Gasteiger partial charge in [-0.05, 0) is 144 Å². The molecule has 1 aliphatic rings. The van der Waals surface area contributed by atoms with E-state index in [-0.39, 0.29) is 41.1 Å². The fourth-order valence-corrected chi connectivity index (χ4v) is 9.05. The van der Waals surface area contributed by atoms with Crippen molar-refractivity contribution in [3.63, 3.8) is 0 Å². The molecule has 0 aliphatic carbocycles. The Balaban J connectivity index is 1.78. The lowest BCUT2D eigenvalue weighted by Crippen LogP contribution is -2.67. The largest absolute Gasteiger partial charge is 0.346 e. The molecule has 1 aliphatic heterocycles. The molecule has 1 heterocycles. The maximum Gasteiger partial charge on any atom is 0.254 e. The van der Waals surface area contributed by atoms with Crippen LogP contribution in [0.2, 0.25) is 11.5 Å². The normalized spacial score (nSPS) is 21.3. The van der Waals surface area contributed by atoms with Gasteiger partial charge in [0.15, 0.2) is 1.41 Å². The highest BCUT2D eigenvalue weighted by atomic mass is 35.5. The number of hydrogen-bond acceptors (Lipinski definition) is 3. The second-order valence-electron chi connectivity index (χ2n) is 15.7. The van der Waals surface area contributed by atoms with Crippen molar-refractivity contribution >= 4 is 35.0 Å². The Morgan fingerprint density at radius 2 is 1.58 bits per heavy atom. The van der Waals surface area contributed by atoms with E-state index in [1.807, 2.05) is 50.1 Å². The molecule has 4 unspecified atom stereocenters. The van der Waals surface area contributed by atoms with Gasteiger partial charge in [0.05, 0.1) is 15.6 Å². The zero-order valence-electron chi connectivity index (χ0n) is 33.8. The summed E-state index contributed by atoms with van der Waals surface area (Å²) in [6.45, 7) is 28.6. The Morgan fingerprint density at radius 1 is 0.960 bits per heavy atom. The minimum atomic E-state index is -0.786. The number of halogens is 2. The lowest BCUT2D eigenvalue weighted by Gasteiger charge is -2.58. The number of piperidine rings is 1. The van der Waals surface area contributed by atoms with Crippen LogP contribution in [0.1, 0.15) is 114 Å². The highest BCUT2D eigenvalue weighted by Crippen LogP contribution is 2.48. The van der Waals surface area contributed by atoms with Crippen molar-refractivity contribution in [1.82, 2.24) is 15.1 Å². The zero-order valence-corrected chi connectivity index (χ0v) is 34.3. The SMILES string of the molecule is [2H]N(C(C)=O)C1(c2cccc(C)c2C)CCN(CC(C)[C@@H](c2cc(Cl)c(Cl)c(C)c2C)C(C)N(C)C(=O)c2ccc(C)c(C)c2C)C(C)(C)C1C. The number of likely N-dealkylation sites (N-methyl/N-ethyl adjacent to an activating group) is 1. The van der Waals surface area contributed by atoms with E-state index in [9.17, 15) is 11.0 Å². The van der Waals surface area contributed by atoms with E-state index in [2.05, 4.69) is 86.3 Å². The summed E-state index contributed by atoms with van der Waals surface area (Å²) >= 11 is 13.5. The van der Waals surface area contributed by atoms with E-state index in [1.54, 1.807) is 0 Å². The first-order valence-corrected chi connectivity index (χ1v) is 18.8. The van der Waals surface area contributed by atoms with Gasteiger partial charge in [-0.2, -0.15) is 0 Å². The summed E-state index contributed by atoms with van der Waals surface area (Å²) < 4.78 is 9.21. The second kappa shape index (κ2) is 15.0. The van der Waals surface area contributed by atoms with Crippen LogP contribution in [0.3, 0.4) is 0 Å². The first kappa shape index (κ1) is 38.4. The zero-order chi connectivity index (χ0) is 38.5. The molecule has 3 aromatic carbocycles. The molecule has 0 aromatic heterocycles. The molecule has 50 heavy (non-hydrogen) atoms. The van der Waals surface area contributed by atoms with Crippen LogP contribution in [0.25, 0.3) is 0 Å². The molecule has 1 saturated heterocycles. The topological polar surface area (TPSA) is 52.7 Å². The average molecular weight is 722 g/mol. The molecule has 1 fully saturated rings. The van der Waals surface area contributed by atoms with Gasteiger partial charge in [0.25, 0.3) is 5.91 Å². The molecule has 1 N–H and O–H groups in total. The number of aryl methyl sites for hydroxylation is 2. The Labute approximate surface area is 313 Å². The summed E-state index contributed by atoms with van der Waals surface area (Å²) in [6.07, 6.45) is 0.632. The van der Waals surface area contributed by atoms with E-state index in [1.165, 1.54) is 17.8 Å². The van der Waals surface area contributed by atoms with Crippen LogP contribution >= 0.6 is 23.2 Å². The van der Waals surface area contributed by atoms with Crippen molar-refractivity contribution in [1.29, 1.82) is 0 Å². The fraction of sp³-hybridized carbons (Fsp3) is 0.535. The van der Waals surface area contributed by atoms with Gasteiger partial charge in [0.1, 0.15) is 0 Å². The van der Waals surface area contributed by atoms with Crippen LogP contribution in [0.4, 0.5) is 0 Å². The molecule has 7 heteroatoms. The van der Waals surface area contributed by atoms with Gasteiger partial charge in [-0.25, -0.2) is 0 Å². The predicted octanol–water partition coefficient (Wildman–Crippen LogP) is 10.2. The highest BCUT2D eigenvalue weighted by Gasteiger charge is 2.53. The molecule has 4 rings (SSSR count). The molecule has 272 valence electrons. The summed E-state index contributed by atoms with van der Waals surface area (Å²) in [7, 11) is 1.91.